The van der Waals surface area contributed by atoms with Crippen molar-refractivity contribution in [2.45, 2.75) is 13.5 Å². The molecule has 0 unspecified atom stereocenters. The Kier molecular flexibility index (Phi) is 4.53. The third kappa shape index (κ3) is 2.99. The molecule has 2 aromatic carbocycles. The van der Waals surface area contributed by atoms with Gasteiger partial charge in [0, 0.05) is 41.6 Å². The molecule has 6 heteroatoms. The Balaban J connectivity index is 1.72. The largest absolute Gasteiger partial charge is 0.355 e. The number of benzene rings is 2. The lowest BCUT2D eigenvalue weighted by Gasteiger charge is -2.03. The monoisotopic (exact) mass is 372 g/mol. The van der Waals surface area contributed by atoms with Gasteiger partial charge in [-0.05, 0) is 36.8 Å². The summed E-state index contributed by atoms with van der Waals surface area (Å²) in [4.78, 5) is 30.4. The van der Waals surface area contributed by atoms with Crippen molar-refractivity contribution in [3.8, 4) is 0 Å². The second kappa shape index (κ2) is 7.15. The third-order valence-electron chi connectivity index (χ3n) is 4.84. The van der Waals surface area contributed by atoms with Gasteiger partial charge in [0.25, 0.3) is 11.5 Å². The van der Waals surface area contributed by atoms with Gasteiger partial charge in [0.05, 0.1) is 0 Å². The Bertz CT molecular complexity index is 1280. The Hall–Kier alpha value is -3.67. The van der Waals surface area contributed by atoms with E-state index in [9.17, 15) is 9.59 Å². The minimum absolute atomic E-state index is 0.00607. The number of carbonyl (C=O) groups excluding carboxylic acids is 1. The third-order valence-corrected chi connectivity index (χ3v) is 4.84. The zero-order chi connectivity index (χ0) is 19.7. The number of para-hydroxylation sites is 1. The molecule has 0 aliphatic heterocycles. The molecule has 0 saturated heterocycles. The first-order valence-corrected chi connectivity index (χ1v) is 9.13. The van der Waals surface area contributed by atoms with Crippen molar-refractivity contribution in [1.82, 2.24) is 19.9 Å². The molecule has 0 atom stereocenters. The van der Waals surface area contributed by atoms with Crippen LogP contribution >= 0.6 is 0 Å². The van der Waals surface area contributed by atoms with Crippen molar-refractivity contribution < 1.29 is 4.79 Å². The minimum Gasteiger partial charge on any atom is -0.355 e. The number of fused-ring (bicyclic) bond motifs is 3. The van der Waals surface area contributed by atoms with Crippen LogP contribution in [0.1, 0.15) is 28.7 Å². The molecule has 4 rings (SSSR count). The maximum absolute atomic E-state index is 12.0. The topological polar surface area (TPSA) is 79.8 Å². The molecule has 0 radical (unpaired) electrons. The highest BCUT2D eigenvalue weighted by Gasteiger charge is 2.10. The van der Waals surface area contributed by atoms with E-state index in [0.29, 0.717) is 5.82 Å². The Morgan fingerprint density at radius 3 is 2.68 bits per heavy atom. The number of hydrogen-bond donors (Lipinski definition) is 2. The molecule has 6 nitrogen and oxygen atoms in total. The molecule has 0 aliphatic rings. The number of aromatic nitrogens is 3. The van der Waals surface area contributed by atoms with Crippen molar-refractivity contribution in [3.05, 3.63) is 76.0 Å². The van der Waals surface area contributed by atoms with Gasteiger partial charge in [-0.3, -0.25) is 9.59 Å². The van der Waals surface area contributed by atoms with Crippen molar-refractivity contribution in [1.29, 1.82) is 0 Å². The van der Waals surface area contributed by atoms with E-state index in [-0.39, 0.29) is 5.56 Å². The molecular formula is C22H20N4O2. The lowest BCUT2D eigenvalue weighted by molar-refractivity contribution is 0.0961. The maximum Gasteiger partial charge on any atom is 0.263 e. The fourth-order valence-electron chi connectivity index (χ4n) is 3.48. The van der Waals surface area contributed by atoms with Crippen LogP contribution in [0.15, 0.2) is 53.5 Å². The van der Waals surface area contributed by atoms with Crippen LogP contribution in [-0.2, 0) is 6.54 Å². The van der Waals surface area contributed by atoms with E-state index in [1.165, 1.54) is 35.1 Å². The molecule has 28 heavy (non-hydrogen) atoms. The lowest BCUT2D eigenvalue weighted by Crippen LogP contribution is -2.27. The van der Waals surface area contributed by atoms with Gasteiger partial charge in [-0.15, -0.1) is 0 Å². The highest BCUT2D eigenvalue weighted by atomic mass is 16.2. The van der Waals surface area contributed by atoms with E-state index in [0.717, 1.165) is 12.1 Å². The summed E-state index contributed by atoms with van der Waals surface area (Å²) in [6, 6.07) is 14.7. The first-order chi connectivity index (χ1) is 13.6. The highest BCUT2D eigenvalue weighted by Crippen LogP contribution is 2.30. The lowest BCUT2D eigenvalue weighted by atomic mass is 10.1. The maximum atomic E-state index is 12.0. The van der Waals surface area contributed by atoms with Gasteiger partial charge in [-0.1, -0.05) is 30.3 Å². The fourth-order valence-corrected chi connectivity index (χ4v) is 3.48. The van der Waals surface area contributed by atoms with Gasteiger partial charge in [0.1, 0.15) is 11.4 Å². The van der Waals surface area contributed by atoms with E-state index in [4.69, 9.17) is 0 Å². The number of amides is 1. The quantitative estimate of drug-likeness (QED) is 0.576. The Morgan fingerprint density at radius 1 is 1.14 bits per heavy atom. The zero-order valence-electron chi connectivity index (χ0n) is 15.7. The van der Waals surface area contributed by atoms with Crippen LogP contribution in [0, 0.1) is 0 Å². The number of hydrogen-bond acceptors (Lipinski definition) is 3. The van der Waals surface area contributed by atoms with Gasteiger partial charge in [-0.2, -0.15) is 0 Å². The molecule has 140 valence electrons. The number of nitrogens with one attached hydrogen (secondary N) is 2. The summed E-state index contributed by atoms with van der Waals surface area (Å²) in [7, 11) is 1.47. The van der Waals surface area contributed by atoms with Crippen LogP contribution in [-0.4, -0.2) is 27.5 Å². The summed E-state index contributed by atoms with van der Waals surface area (Å²) in [6.07, 6.45) is 4.92. The van der Waals surface area contributed by atoms with Crippen molar-refractivity contribution in [2.24, 2.45) is 0 Å². The molecule has 0 bridgehead atoms. The van der Waals surface area contributed by atoms with Crippen LogP contribution in [0.3, 0.4) is 0 Å². The summed E-state index contributed by atoms with van der Waals surface area (Å²) >= 11 is 0. The average Bonchev–Trinajstić information content (AvgIpc) is 3.05. The highest BCUT2D eigenvalue weighted by molar-refractivity contribution is 6.08. The van der Waals surface area contributed by atoms with E-state index < -0.39 is 11.5 Å². The first-order valence-electron chi connectivity index (χ1n) is 9.13. The SMILES string of the molecule is CCn1c2ccccc2c2cc(C=Cc3ncc(C(=O)NC)c(=O)[nH]3)ccc21. The number of aryl methyl sites for hydroxylation is 1. The number of aromatic amines is 1. The van der Waals surface area contributed by atoms with Crippen molar-refractivity contribution >= 4 is 39.9 Å². The van der Waals surface area contributed by atoms with E-state index in [1.54, 1.807) is 6.08 Å². The Morgan fingerprint density at radius 2 is 1.93 bits per heavy atom. The fraction of sp³-hybridized carbons (Fsp3) is 0.136. The molecule has 1 amide bonds. The van der Waals surface area contributed by atoms with Crippen LogP contribution in [0.4, 0.5) is 0 Å². The second-order valence-corrected chi connectivity index (χ2v) is 6.46. The number of nitrogens with zero attached hydrogens (tertiary/aromatic N) is 2. The van der Waals surface area contributed by atoms with Crippen LogP contribution < -0.4 is 10.9 Å². The van der Waals surface area contributed by atoms with Gasteiger partial charge >= 0.3 is 0 Å². The molecule has 0 spiro atoms. The average molecular weight is 372 g/mol. The van der Waals surface area contributed by atoms with E-state index in [2.05, 4.69) is 57.1 Å². The number of H-pyrrole nitrogens is 1. The minimum atomic E-state index is -0.463. The van der Waals surface area contributed by atoms with Crippen molar-refractivity contribution in [3.63, 3.8) is 0 Å². The van der Waals surface area contributed by atoms with Gasteiger partial charge in [-0.25, -0.2) is 4.98 Å². The number of rotatable bonds is 4. The standard InChI is InChI=1S/C22H20N4O2/c1-3-26-18-7-5-4-6-15(18)16-12-14(8-10-19(16)26)9-11-20-24-13-17(21(27)23-2)22(28)25-20/h4-13H,3H2,1-2H3,(H,23,27)(H,24,25,28). The summed E-state index contributed by atoms with van der Waals surface area (Å²) in [5.41, 5.74) is 2.95. The van der Waals surface area contributed by atoms with Crippen LogP contribution in [0.2, 0.25) is 0 Å². The smallest absolute Gasteiger partial charge is 0.263 e. The Labute approximate surface area is 161 Å². The molecule has 4 aromatic rings. The molecule has 2 aromatic heterocycles. The molecule has 0 saturated carbocycles. The van der Waals surface area contributed by atoms with Crippen LogP contribution in [0.25, 0.3) is 34.0 Å². The second-order valence-electron chi connectivity index (χ2n) is 6.46. The summed E-state index contributed by atoms with van der Waals surface area (Å²) < 4.78 is 2.30. The van der Waals surface area contributed by atoms with Gasteiger partial charge in [0.2, 0.25) is 0 Å². The zero-order valence-corrected chi connectivity index (χ0v) is 15.7. The predicted molar refractivity (Wildman–Crippen MR) is 112 cm³/mol. The number of carbonyl (C=O) groups is 1. The summed E-state index contributed by atoms with van der Waals surface area (Å²) in [6.45, 7) is 3.05. The van der Waals surface area contributed by atoms with Crippen molar-refractivity contribution in [2.75, 3.05) is 7.05 Å². The van der Waals surface area contributed by atoms with E-state index >= 15 is 0 Å². The molecule has 2 N–H and O–H groups in total. The summed E-state index contributed by atoms with van der Waals surface area (Å²) in [5.74, 6) is -0.0595. The van der Waals surface area contributed by atoms with Gasteiger partial charge in [0.15, 0.2) is 0 Å². The molecule has 0 fully saturated rings. The molecule has 0 aliphatic carbocycles. The predicted octanol–water partition coefficient (Wildman–Crippen LogP) is 3.43. The van der Waals surface area contributed by atoms with E-state index in [1.807, 2.05) is 18.2 Å². The molecule has 2 heterocycles. The summed E-state index contributed by atoms with van der Waals surface area (Å²) in [5, 5.41) is 4.83. The normalized spacial score (nSPS) is 11.5. The van der Waals surface area contributed by atoms with Crippen LogP contribution in [0.5, 0.6) is 0 Å². The molecular weight excluding hydrogens is 352 g/mol. The van der Waals surface area contributed by atoms with Gasteiger partial charge < -0.3 is 14.9 Å². The first kappa shape index (κ1) is 17.7.